The lowest BCUT2D eigenvalue weighted by Crippen LogP contribution is -2.49. The van der Waals surface area contributed by atoms with E-state index in [1.807, 2.05) is 22.7 Å². The van der Waals surface area contributed by atoms with Crippen LogP contribution < -0.4 is 4.90 Å². The van der Waals surface area contributed by atoms with Gasteiger partial charge in [-0.1, -0.05) is 6.92 Å². The summed E-state index contributed by atoms with van der Waals surface area (Å²) in [5.74, 6) is 1.08. The van der Waals surface area contributed by atoms with Gasteiger partial charge >= 0.3 is 0 Å². The molecule has 22 heavy (non-hydrogen) atoms. The van der Waals surface area contributed by atoms with Crippen molar-refractivity contribution in [2.75, 3.05) is 31.1 Å². The van der Waals surface area contributed by atoms with Crippen molar-refractivity contribution in [2.24, 2.45) is 7.05 Å². The van der Waals surface area contributed by atoms with E-state index in [-0.39, 0.29) is 5.91 Å². The Kier molecular flexibility index (Phi) is 4.42. The van der Waals surface area contributed by atoms with Gasteiger partial charge in [0.15, 0.2) is 0 Å². The van der Waals surface area contributed by atoms with Crippen molar-refractivity contribution in [2.45, 2.75) is 19.8 Å². The normalized spacial score (nSPS) is 15.4. The third-order valence-electron chi connectivity index (χ3n) is 3.87. The van der Waals surface area contributed by atoms with E-state index in [1.165, 1.54) is 11.3 Å². The number of anilines is 1. The summed E-state index contributed by atoms with van der Waals surface area (Å²) in [6.07, 6.45) is 7.48. The standard InChI is InChI=1S/C15H21N5OS/c1-3-4-13-17-11-12(22-13)14(21)19-7-9-20(10-8-19)15-16-5-6-18(15)2/h5-6,11H,3-4,7-10H2,1-2H3. The number of imidazole rings is 1. The second-order valence-electron chi connectivity index (χ2n) is 5.49. The largest absolute Gasteiger partial charge is 0.339 e. The van der Waals surface area contributed by atoms with Crippen molar-refractivity contribution < 1.29 is 4.79 Å². The SMILES string of the molecule is CCCc1ncc(C(=O)N2CCN(c3nccn3C)CC2)s1. The fourth-order valence-electron chi connectivity index (χ4n) is 2.67. The first-order valence-electron chi connectivity index (χ1n) is 7.65. The summed E-state index contributed by atoms with van der Waals surface area (Å²) in [6, 6.07) is 0. The molecule has 1 aliphatic rings. The van der Waals surface area contributed by atoms with Crippen molar-refractivity contribution in [1.29, 1.82) is 0 Å². The van der Waals surface area contributed by atoms with Gasteiger partial charge < -0.3 is 14.4 Å². The Morgan fingerprint density at radius 2 is 2.05 bits per heavy atom. The molecule has 2 aromatic rings. The number of carbonyl (C=O) groups is 1. The van der Waals surface area contributed by atoms with Gasteiger partial charge in [0.1, 0.15) is 4.88 Å². The Morgan fingerprint density at radius 1 is 1.27 bits per heavy atom. The average molecular weight is 319 g/mol. The lowest BCUT2D eigenvalue weighted by Gasteiger charge is -2.35. The summed E-state index contributed by atoms with van der Waals surface area (Å²) in [7, 11) is 1.99. The molecule has 1 saturated heterocycles. The van der Waals surface area contributed by atoms with Crippen LogP contribution in [0.3, 0.4) is 0 Å². The molecular formula is C15H21N5OS. The molecule has 0 radical (unpaired) electrons. The molecule has 3 rings (SSSR count). The van der Waals surface area contributed by atoms with Gasteiger partial charge in [-0.2, -0.15) is 0 Å². The molecule has 1 aliphatic heterocycles. The smallest absolute Gasteiger partial charge is 0.265 e. The highest BCUT2D eigenvalue weighted by atomic mass is 32.1. The van der Waals surface area contributed by atoms with Crippen LogP contribution >= 0.6 is 11.3 Å². The number of aromatic nitrogens is 3. The highest BCUT2D eigenvalue weighted by Gasteiger charge is 2.25. The molecule has 0 atom stereocenters. The molecule has 0 bridgehead atoms. The van der Waals surface area contributed by atoms with Crippen LogP contribution in [0.4, 0.5) is 5.95 Å². The van der Waals surface area contributed by atoms with Crippen LogP contribution in [0.2, 0.25) is 0 Å². The van der Waals surface area contributed by atoms with Gasteiger partial charge in [0.25, 0.3) is 5.91 Å². The third-order valence-corrected chi connectivity index (χ3v) is 4.92. The number of piperazine rings is 1. The summed E-state index contributed by atoms with van der Waals surface area (Å²) in [5, 5.41) is 1.05. The zero-order valence-corrected chi connectivity index (χ0v) is 13.8. The van der Waals surface area contributed by atoms with Gasteiger partial charge in [0.2, 0.25) is 5.95 Å². The zero-order valence-electron chi connectivity index (χ0n) is 13.0. The van der Waals surface area contributed by atoms with E-state index >= 15 is 0 Å². The fourth-order valence-corrected chi connectivity index (χ4v) is 3.65. The Balaban J connectivity index is 1.60. The molecule has 3 heterocycles. The highest BCUT2D eigenvalue weighted by Crippen LogP contribution is 2.19. The van der Waals surface area contributed by atoms with Crippen molar-refractivity contribution in [3.63, 3.8) is 0 Å². The number of rotatable bonds is 4. The van der Waals surface area contributed by atoms with Gasteiger partial charge in [0, 0.05) is 45.6 Å². The van der Waals surface area contributed by atoms with Gasteiger partial charge in [-0.25, -0.2) is 9.97 Å². The fraction of sp³-hybridized carbons (Fsp3) is 0.533. The van der Waals surface area contributed by atoms with Crippen LogP contribution in [-0.2, 0) is 13.5 Å². The second-order valence-corrected chi connectivity index (χ2v) is 6.60. The molecule has 7 heteroatoms. The number of amides is 1. The Labute approximate surface area is 134 Å². The maximum absolute atomic E-state index is 12.5. The number of aryl methyl sites for hydroxylation is 2. The molecule has 2 aromatic heterocycles. The maximum atomic E-state index is 12.5. The minimum Gasteiger partial charge on any atom is -0.339 e. The number of hydrogen-bond donors (Lipinski definition) is 0. The third kappa shape index (κ3) is 2.99. The molecule has 0 saturated carbocycles. The first-order valence-corrected chi connectivity index (χ1v) is 8.47. The molecule has 118 valence electrons. The van der Waals surface area contributed by atoms with Crippen LogP contribution in [0, 0.1) is 0 Å². The van der Waals surface area contributed by atoms with Gasteiger partial charge in [-0.05, 0) is 12.8 Å². The van der Waals surface area contributed by atoms with E-state index in [2.05, 4.69) is 21.8 Å². The number of hydrogen-bond acceptors (Lipinski definition) is 5. The van der Waals surface area contributed by atoms with Crippen LogP contribution in [0.5, 0.6) is 0 Å². The molecule has 0 aromatic carbocycles. The lowest BCUT2D eigenvalue weighted by atomic mass is 10.3. The predicted octanol–water partition coefficient (Wildman–Crippen LogP) is 1.79. The first kappa shape index (κ1) is 15.0. The average Bonchev–Trinajstić information content (AvgIpc) is 3.16. The van der Waals surface area contributed by atoms with E-state index in [0.29, 0.717) is 0 Å². The second kappa shape index (κ2) is 6.48. The summed E-state index contributed by atoms with van der Waals surface area (Å²) in [6.45, 7) is 5.22. The summed E-state index contributed by atoms with van der Waals surface area (Å²) >= 11 is 1.53. The molecule has 6 nitrogen and oxygen atoms in total. The molecule has 0 N–H and O–H groups in total. The quantitative estimate of drug-likeness (QED) is 0.862. The molecule has 0 aliphatic carbocycles. The minimum absolute atomic E-state index is 0.111. The van der Waals surface area contributed by atoms with Gasteiger partial charge in [0.05, 0.1) is 11.2 Å². The minimum atomic E-state index is 0.111. The van der Waals surface area contributed by atoms with Crippen LogP contribution in [-0.4, -0.2) is 51.5 Å². The Bertz CT molecular complexity index is 642. The molecular weight excluding hydrogens is 298 g/mol. The van der Waals surface area contributed by atoms with E-state index in [1.54, 1.807) is 12.4 Å². The molecule has 1 amide bonds. The molecule has 0 spiro atoms. The van der Waals surface area contributed by atoms with Crippen molar-refractivity contribution in [3.8, 4) is 0 Å². The van der Waals surface area contributed by atoms with Gasteiger partial charge in [-0.15, -0.1) is 11.3 Å². The van der Waals surface area contributed by atoms with E-state index < -0.39 is 0 Å². The predicted molar refractivity (Wildman–Crippen MR) is 87.4 cm³/mol. The van der Waals surface area contributed by atoms with Crippen molar-refractivity contribution >= 4 is 23.2 Å². The van der Waals surface area contributed by atoms with E-state index in [4.69, 9.17) is 0 Å². The summed E-state index contributed by atoms with van der Waals surface area (Å²) < 4.78 is 2.01. The summed E-state index contributed by atoms with van der Waals surface area (Å²) in [4.78, 5) is 26.1. The molecule has 1 fully saturated rings. The van der Waals surface area contributed by atoms with Crippen LogP contribution in [0.1, 0.15) is 28.0 Å². The van der Waals surface area contributed by atoms with Crippen molar-refractivity contribution in [3.05, 3.63) is 28.5 Å². The molecule has 0 unspecified atom stereocenters. The zero-order chi connectivity index (χ0) is 15.5. The summed E-state index contributed by atoms with van der Waals surface area (Å²) in [5.41, 5.74) is 0. The number of thiazole rings is 1. The number of nitrogens with zero attached hydrogens (tertiary/aromatic N) is 5. The van der Waals surface area contributed by atoms with E-state index in [9.17, 15) is 4.79 Å². The maximum Gasteiger partial charge on any atom is 0.265 e. The Morgan fingerprint density at radius 3 is 2.68 bits per heavy atom. The topological polar surface area (TPSA) is 54.3 Å². The van der Waals surface area contributed by atoms with Crippen LogP contribution in [0.15, 0.2) is 18.6 Å². The number of carbonyl (C=O) groups excluding carboxylic acids is 1. The first-order chi connectivity index (χ1) is 10.7. The van der Waals surface area contributed by atoms with Crippen molar-refractivity contribution in [1.82, 2.24) is 19.4 Å². The van der Waals surface area contributed by atoms with Gasteiger partial charge in [-0.3, -0.25) is 4.79 Å². The monoisotopic (exact) mass is 319 g/mol. The van der Waals surface area contributed by atoms with Crippen LogP contribution in [0.25, 0.3) is 0 Å². The lowest BCUT2D eigenvalue weighted by molar-refractivity contribution is 0.0750. The van der Waals surface area contributed by atoms with E-state index in [0.717, 1.165) is 54.9 Å². The highest BCUT2D eigenvalue weighted by molar-refractivity contribution is 7.13. The Hall–Kier alpha value is -1.89.